The Balaban J connectivity index is 2.54. The third-order valence-electron chi connectivity index (χ3n) is 1.73. The van der Waals surface area contributed by atoms with E-state index in [0.29, 0.717) is 11.5 Å². The van der Waals surface area contributed by atoms with Gasteiger partial charge in [-0.25, -0.2) is 4.98 Å². The molecule has 14 heavy (non-hydrogen) atoms. The second-order valence-electron chi connectivity index (χ2n) is 2.73. The maximum absolute atomic E-state index is 11.2. The van der Waals surface area contributed by atoms with Crippen LogP contribution in [0.5, 0.6) is 0 Å². The van der Waals surface area contributed by atoms with Crippen molar-refractivity contribution in [2.24, 2.45) is 0 Å². The molecule has 2 aromatic heterocycles. The summed E-state index contributed by atoms with van der Waals surface area (Å²) in [6.07, 6.45) is 0. The Hall–Kier alpha value is -1.13. The summed E-state index contributed by atoms with van der Waals surface area (Å²) in [7, 11) is 0. The zero-order valence-electron chi connectivity index (χ0n) is 7.16. The van der Waals surface area contributed by atoms with E-state index in [1.54, 1.807) is 11.3 Å². The van der Waals surface area contributed by atoms with Gasteiger partial charge in [-0.3, -0.25) is 4.79 Å². The highest BCUT2D eigenvalue weighted by Gasteiger charge is 2.03. The van der Waals surface area contributed by atoms with Crippen LogP contribution in [0, 0.1) is 0 Å². The van der Waals surface area contributed by atoms with E-state index >= 15 is 0 Å². The van der Waals surface area contributed by atoms with Crippen molar-refractivity contribution < 1.29 is 0 Å². The van der Waals surface area contributed by atoms with Crippen molar-refractivity contribution in [2.45, 2.75) is 5.88 Å². The molecule has 0 fully saturated rings. The van der Waals surface area contributed by atoms with Gasteiger partial charge in [-0.1, -0.05) is 0 Å². The number of aromatic amines is 1. The second kappa shape index (κ2) is 3.94. The molecule has 0 atom stereocenters. The lowest BCUT2D eigenvalue weighted by Gasteiger charge is -1.98. The molecule has 2 aromatic rings. The molecule has 2 heterocycles. The van der Waals surface area contributed by atoms with Gasteiger partial charge in [-0.05, 0) is 11.4 Å². The number of alkyl halides is 1. The second-order valence-corrected chi connectivity index (χ2v) is 3.78. The molecule has 0 spiro atoms. The molecule has 0 saturated carbocycles. The van der Waals surface area contributed by atoms with Gasteiger partial charge in [0.2, 0.25) is 0 Å². The summed E-state index contributed by atoms with van der Waals surface area (Å²) < 4.78 is 0. The van der Waals surface area contributed by atoms with Crippen LogP contribution in [-0.4, -0.2) is 9.97 Å². The Bertz CT molecular complexity index is 478. The van der Waals surface area contributed by atoms with Gasteiger partial charge in [0.05, 0.1) is 11.6 Å². The molecule has 0 aromatic carbocycles. The SMILES string of the molecule is O=c1cc(CCl)nc(-c2ccsc2)[nH]1. The minimum atomic E-state index is -0.170. The van der Waals surface area contributed by atoms with Gasteiger partial charge in [-0.2, -0.15) is 11.3 Å². The number of H-pyrrole nitrogens is 1. The molecule has 5 heteroatoms. The average Bonchev–Trinajstić information content (AvgIpc) is 2.69. The van der Waals surface area contributed by atoms with Gasteiger partial charge in [0.25, 0.3) is 5.56 Å². The Kier molecular flexibility index (Phi) is 2.65. The van der Waals surface area contributed by atoms with Crippen molar-refractivity contribution in [3.05, 3.63) is 38.9 Å². The first-order valence-corrected chi connectivity index (χ1v) is 5.46. The number of hydrogen-bond acceptors (Lipinski definition) is 3. The molecule has 1 N–H and O–H groups in total. The lowest BCUT2D eigenvalue weighted by Crippen LogP contribution is -2.09. The van der Waals surface area contributed by atoms with Crippen LogP contribution >= 0.6 is 22.9 Å². The van der Waals surface area contributed by atoms with Crippen LogP contribution in [0.4, 0.5) is 0 Å². The van der Waals surface area contributed by atoms with Crippen LogP contribution in [0.3, 0.4) is 0 Å². The average molecular weight is 227 g/mol. The quantitative estimate of drug-likeness (QED) is 0.799. The predicted molar refractivity (Wildman–Crippen MR) is 57.7 cm³/mol. The van der Waals surface area contributed by atoms with E-state index in [1.807, 2.05) is 16.8 Å². The highest BCUT2D eigenvalue weighted by atomic mass is 35.5. The maximum atomic E-state index is 11.2. The van der Waals surface area contributed by atoms with E-state index in [0.717, 1.165) is 5.56 Å². The molecule has 72 valence electrons. The highest BCUT2D eigenvalue weighted by molar-refractivity contribution is 7.08. The number of aromatic nitrogens is 2. The van der Waals surface area contributed by atoms with Crippen molar-refractivity contribution in [3.8, 4) is 11.4 Å². The molecule has 0 aliphatic heterocycles. The summed E-state index contributed by atoms with van der Waals surface area (Å²) in [6.45, 7) is 0. The number of thiophene rings is 1. The van der Waals surface area contributed by atoms with E-state index < -0.39 is 0 Å². The minimum Gasteiger partial charge on any atom is -0.306 e. The van der Waals surface area contributed by atoms with Crippen LogP contribution in [0.2, 0.25) is 0 Å². The van der Waals surface area contributed by atoms with Gasteiger partial charge >= 0.3 is 0 Å². The van der Waals surface area contributed by atoms with E-state index in [9.17, 15) is 4.79 Å². The molecule has 2 rings (SSSR count). The zero-order valence-corrected chi connectivity index (χ0v) is 8.73. The third-order valence-corrected chi connectivity index (χ3v) is 2.68. The molecule has 0 radical (unpaired) electrons. The Morgan fingerprint density at radius 1 is 1.57 bits per heavy atom. The first kappa shape index (κ1) is 9.43. The molecule has 0 unspecified atom stereocenters. The fourth-order valence-corrected chi connectivity index (χ4v) is 1.89. The molecule has 0 amide bonds. The summed E-state index contributed by atoms with van der Waals surface area (Å²) >= 11 is 7.18. The highest BCUT2D eigenvalue weighted by Crippen LogP contribution is 2.17. The lowest BCUT2D eigenvalue weighted by molar-refractivity contribution is 1.06. The minimum absolute atomic E-state index is 0.170. The Labute approximate surface area is 89.4 Å². The fraction of sp³-hybridized carbons (Fsp3) is 0.111. The Morgan fingerprint density at radius 3 is 3.07 bits per heavy atom. The van der Waals surface area contributed by atoms with Crippen molar-refractivity contribution in [1.29, 1.82) is 0 Å². The zero-order chi connectivity index (χ0) is 9.97. The van der Waals surface area contributed by atoms with Crippen molar-refractivity contribution in [1.82, 2.24) is 9.97 Å². The number of nitrogens with zero attached hydrogens (tertiary/aromatic N) is 1. The molecule has 0 aliphatic carbocycles. The summed E-state index contributed by atoms with van der Waals surface area (Å²) in [4.78, 5) is 18.1. The number of nitrogens with one attached hydrogen (secondary N) is 1. The molecular weight excluding hydrogens is 220 g/mol. The van der Waals surface area contributed by atoms with Gasteiger partial charge in [0, 0.05) is 17.0 Å². The van der Waals surface area contributed by atoms with Gasteiger partial charge in [0.15, 0.2) is 0 Å². The maximum Gasteiger partial charge on any atom is 0.251 e. The van der Waals surface area contributed by atoms with Crippen LogP contribution in [0.15, 0.2) is 27.7 Å². The van der Waals surface area contributed by atoms with E-state index in [-0.39, 0.29) is 11.4 Å². The van der Waals surface area contributed by atoms with Crippen molar-refractivity contribution >= 4 is 22.9 Å². The topological polar surface area (TPSA) is 45.8 Å². The predicted octanol–water partition coefficient (Wildman–Crippen LogP) is 2.24. The van der Waals surface area contributed by atoms with Crippen LogP contribution in [0.25, 0.3) is 11.4 Å². The van der Waals surface area contributed by atoms with Crippen molar-refractivity contribution in [2.75, 3.05) is 0 Å². The number of halogens is 1. The Morgan fingerprint density at radius 2 is 2.43 bits per heavy atom. The smallest absolute Gasteiger partial charge is 0.251 e. The summed E-state index contributed by atoms with van der Waals surface area (Å²) in [5.74, 6) is 0.829. The summed E-state index contributed by atoms with van der Waals surface area (Å²) in [5.41, 5.74) is 1.34. The van der Waals surface area contributed by atoms with Gasteiger partial charge in [0.1, 0.15) is 5.82 Å². The van der Waals surface area contributed by atoms with Crippen LogP contribution in [-0.2, 0) is 5.88 Å². The summed E-state index contributed by atoms with van der Waals surface area (Å²) in [5, 5.41) is 3.86. The molecule has 0 saturated heterocycles. The monoisotopic (exact) mass is 226 g/mol. The lowest BCUT2D eigenvalue weighted by atomic mass is 10.3. The summed E-state index contributed by atoms with van der Waals surface area (Å²) in [6, 6.07) is 3.31. The molecule has 0 aliphatic rings. The normalized spacial score (nSPS) is 10.4. The largest absolute Gasteiger partial charge is 0.306 e. The number of rotatable bonds is 2. The van der Waals surface area contributed by atoms with Gasteiger partial charge < -0.3 is 4.98 Å². The van der Waals surface area contributed by atoms with Crippen LogP contribution in [0.1, 0.15) is 5.69 Å². The molecular formula is C9H7ClN2OS. The molecule has 3 nitrogen and oxygen atoms in total. The third kappa shape index (κ3) is 1.86. The van der Waals surface area contributed by atoms with Gasteiger partial charge in [-0.15, -0.1) is 11.6 Å². The van der Waals surface area contributed by atoms with E-state index in [4.69, 9.17) is 11.6 Å². The van der Waals surface area contributed by atoms with Crippen LogP contribution < -0.4 is 5.56 Å². The first-order valence-electron chi connectivity index (χ1n) is 3.98. The number of hydrogen-bond donors (Lipinski definition) is 1. The standard InChI is InChI=1S/C9H7ClN2OS/c10-4-7-3-8(13)12-9(11-7)6-1-2-14-5-6/h1-3,5H,4H2,(H,11,12,13). The van der Waals surface area contributed by atoms with E-state index in [2.05, 4.69) is 9.97 Å². The first-order chi connectivity index (χ1) is 6.79. The van der Waals surface area contributed by atoms with E-state index in [1.165, 1.54) is 6.07 Å². The molecule has 0 bridgehead atoms. The fourth-order valence-electron chi connectivity index (χ4n) is 1.11. The van der Waals surface area contributed by atoms with Crippen molar-refractivity contribution in [3.63, 3.8) is 0 Å².